The van der Waals surface area contributed by atoms with E-state index < -0.39 is 0 Å². The minimum atomic E-state index is -0.0283. The van der Waals surface area contributed by atoms with E-state index in [1.165, 1.54) is 11.3 Å². The van der Waals surface area contributed by atoms with Gasteiger partial charge in [0.1, 0.15) is 0 Å². The first-order valence-corrected chi connectivity index (χ1v) is 7.44. The highest BCUT2D eigenvalue weighted by molar-refractivity contribution is 5.74. The zero-order valence-corrected chi connectivity index (χ0v) is 13.3. The van der Waals surface area contributed by atoms with Crippen LogP contribution in [0.15, 0.2) is 24.3 Å². The van der Waals surface area contributed by atoms with Crippen LogP contribution in [0.1, 0.15) is 46.1 Å². The normalized spacial score (nSPS) is 18.5. The average Bonchev–Trinajstić information content (AvgIpc) is 2.37. The van der Waals surface area contributed by atoms with Crippen LogP contribution in [-0.2, 0) is 4.79 Å². The van der Waals surface area contributed by atoms with E-state index in [-0.39, 0.29) is 11.4 Å². The molecular weight excluding hydrogens is 248 g/mol. The number of carbonyl (C=O) groups is 1. The second-order valence-corrected chi connectivity index (χ2v) is 6.65. The van der Waals surface area contributed by atoms with Crippen molar-refractivity contribution in [2.45, 2.75) is 46.1 Å². The Hall–Kier alpha value is -1.51. The van der Waals surface area contributed by atoms with Crippen molar-refractivity contribution in [3.8, 4) is 0 Å². The van der Waals surface area contributed by atoms with Crippen molar-refractivity contribution >= 4 is 11.6 Å². The Balaban J connectivity index is 2.25. The molecule has 0 saturated carbocycles. The van der Waals surface area contributed by atoms with Gasteiger partial charge in [0.15, 0.2) is 0 Å². The minimum Gasteiger partial charge on any atom is -0.363 e. The van der Waals surface area contributed by atoms with Crippen LogP contribution in [0, 0.1) is 0 Å². The van der Waals surface area contributed by atoms with Crippen LogP contribution in [0.3, 0.4) is 0 Å². The summed E-state index contributed by atoms with van der Waals surface area (Å²) in [6, 6.07) is 8.79. The molecule has 0 radical (unpaired) electrons. The van der Waals surface area contributed by atoms with E-state index in [2.05, 4.69) is 56.9 Å². The first-order chi connectivity index (χ1) is 9.31. The standard InChI is InChI=1S/C17H26N2O/c1-13(2)15-7-6-8-16(11-15)19-10-9-18(14(3)20)12-17(19,4)5/h6-8,11,13H,9-10,12H2,1-5H3. The van der Waals surface area contributed by atoms with Gasteiger partial charge in [0, 0.05) is 32.2 Å². The number of hydrogen-bond acceptors (Lipinski definition) is 2. The van der Waals surface area contributed by atoms with Crippen LogP contribution < -0.4 is 4.90 Å². The maximum Gasteiger partial charge on any atom is 0.219 e. The second-order valence-electron chi connectivity index (χ2n) is 6.65. The summed E-state index contributed by atoms with van der Waals surface area (Å²) in [5.41, 5.74) is 2.61. The van der Waals surface area contributed by atoms with Crippen molar-refractivity contribution in [1.82, 2.24) is 4.90 Å². The number of piperazine rings is 1. The highest BCUT2D eigenvalue weighted by Crippen LogP contribution is 2.30. The summed E-state index contributed by atoms with van der Waals surface area (Å²) in [5.74, 6) is 0.713. The summed E-state index contributed by atoms with van der Waals surface area (Å²) in [6.45, 7) is 13.0. The molecule has 2 rings (SSSR count). The highest BCUT2D eigenvalue weighted by Gasteiger charge is 2.34. The van der Waals surface area contributed by atoms with Gasteiger partial charge in [-0.15, -0.1) is 0 Å². The summed E-state index contributed by atoms with van der Waals surface area (Å²) in [4.78, 5) is 16.0. The van der Waals surface area contributed by atoms with Crippen LogP contribution in [-0.4, -0.2) is 36.0 Å². The Bertz CT molecular complexity index is 494. The fourth-order valence-electron chi connectivity index (χ4n) is 2.95. The number of nitrogens with zero attached hydrogens (tertiary/aromatic N) is 2. The molecule has 3 heteroatoms. The van der Waals surface area contributed by atoms with Gasteiger partial charge in [-0.3, -0.25) is 4.79 Å². The molecule has 110 valence electrons. The molecule has 1 heterocycles. The smallest absolute Gasteiger partial charge is 0.219 e. The van der Waals surface area contributed by atoms with E-state index in [1.807, 2.05) is 4.90 Å². The first kappa shape index (κ1) is 14.9. The predicted molar refractivity (Wildman–Crippen MR) is 84.2 cm³/mol. The molecule has 3 nitrogen and oxygen atoms in total. The van der Waals surface area contributed by atoms with Crippen LogP contribution in [0.25, 0.3) is 0 Å². The lowest BCUT2D eigenvalue weighted by atomic mass is 9.96. The molecule has 0 bridgehead atoms. The molecule has 1 fully saturated rings. The zero-order valence-electron chi connectivity index (χ0n) is 13.3. The third kappa shape index (κ3) is 2.97. The number of rotatable bonds is 2. The van der Waals surface area contributed by atoms with Gasteiger partial charge in [-0.05, 0) is 37.5 Å². The lowest BCUT2D eigenvalue weighted by molar-refractivity contribution is -0.130. The van der Waals surface area contributed by atoms with E-state index in [4.69, 9.17) is 0 Å². The van der Waals surface area contributed by atoms with E-state index in [1.54, 1.807) is 6.92 Å². The average molecular weight is 274 g/mol. The van der Waals surface area contributed by atoms with Crippen LogP contribution >= 0.6 is 0 Å². The van der Waals surface area contributed by atoms with Crippen molar-refractivity contribution in [2.75, 3.05) is 24.5 Å². The SMILES string of the molecule is CC(=O)N1CCN(c2cccc(C(C)C)c2)C(C)(C)C1. The predicted octanol–water partition coefficient (Wildman–Crippen LogP) is 3.26. The van der Waals surface area contributed by atoms with Gasteiger partial charge in [-0.2, -0.15) is 0 Å². The van der Waals surface area contributed by atoms with Crippen molar-refractivity contribution in [2.24, 2.45) is 0 Å². The minimum absolute atomic E-state index is 0.0283. The summed E-state index contributed by atoms with van der Waals surface area (Å²) >= 11 is 0. The number of benzene rings is 1. The van der Waals surface area contributed by atoms with E-state index in [0.717, 1.165) is 19.6 Å². The highest BCUT2D eigenvalue weighted by atomic mass is 16.2. The molecule has 0 aliphatic carbocycles. The lowest BCUT2D eigenvalue weighted by Crippen LogP contribution is -2.60. The third-order valence-electron chi connectivity index (χ3n) is 4.20. The number of hydrogen-bond donors (Lipinski definition) is 0. The fraction of sp³-hybridized carbons (Fsp3) is 0.588. The number of amides is 1. The Kier molecular flexibility index (Phi) is 4.07. The van der Waals surface area contributed by atoms with Gasteiger partial charge < -0.3 is 9.80 Å². The second kappa shape index (κ2) is 5.47. The van der Waals surface area contributed by atoms with Gasteiger partial charge >= 0.3 is 0 Å². The Labute approximate surface area is 122 Å². The fourth-order valence-corrected chi connectivity index (χ4v) is 2.95. The van der Waals surface area contributed by atoms with Crippen molar-refractivity contribution < 1.29 is 4.79 Å². The quantitative estimate of drug-likeness (QED) is 0.826. The van der Waals surface area contributed by atoms with Gasteiger partial charge in [-0.25, -0.2) is 0 Å². The summed E-state index contributed by atoms with van der Waals surface area (Å²) < 4.78 is 0. The molecule has 20 heavy (non-hydrogen) atoms. The molecule has 1 aliphatic heterocycles. The van der Waals surface area contributed by atoms with E-state index >= 15 is 0 Å². The Morgan fingerprint density at radius 3 is 2.50 bits per heavy atom. The van der Waals surface area contributed by atoms with Gasteiger partial charge in [0.05, 0.1) is 5.54 Å². The molecule has 1 saturated heterocycles. The van der Waals surface area contributed by atoms with Crippen molar-refractivity contribution in [3.63, 3.8) is 0 Å². The van der Waals surface area contributed by atoms with E-state index in [9.17, 15) is 4.79 Å². The first-order valence-electron chi connectivity index (χ1n) is 7.44. The maximum atomic E-state index is 11.6. The van der Waals surface area contributed by atoms with Crippen molar-refractivity contribution in [1.29, 1.82) is 0 Å². The third-order valence-corrected chi connectivity index (χ3v) is 4.20. The van der Waals surface area contributed by atoms with Crippen LogP contribution in [0.2, 0.25) is 0 Å². The number of anilines is 1. The Morgan fingerprint density at radius 1 is 1.25 bits per heavy atom. The summed E-state index contributed by atoms with van der Waals surface area (Å²) in [7, 11) is 0. The molecule has 1 amide bonds. The van der Waals surface area contributed by atoms with E-state index in [0.29, 0.717) is 5.92 Å². The molecular formula is C17H26N2O. The lowest BCUT2D eigenvalue weighted by Gasteiger charge is -2.48. The zero-order chi connectivity index (χ0) is 14.9. The summed E-state index contributed by atoms with van der Waals surface area (Å²) in [5, 5.41) is 0. The number of carbonyl (C=O) groups excluding carboxylic acids is 1. The molecule has 1 aromatic rings. The van der Waals surface area contributed by atoms with Crippen LogP contribution in [0.5, 0.6) is 0 Å². The molecule has 0 N–H and O–H groups in total. The monoisotopic (exact) mass is 274 g/mol. The van der Waals surface area contributed by atoms with Crippen LogP contribution in [0.4, 0.5) is 5.69 Å². The molecule has 1 aliphatic rings. The molecule has 0 spiro atoms. The molecule has 1 aromatic carbocycles. The largest absolute Gasteiger partial charge is 0.363 e. The molecule has 0 unspecified atom stereocenters. The van der Waals surface area contributed by atoms with Gasteiger partial charge in [0.25, 0.3) is 0 Å². The Morgan fingerprint density at radius 2 is 1.95 bits per heavy atom. The molecule has 0 atom stereocenters. The van der Waals surface area contributed by atoms with Gasteiger partial charge in [0.2, 0.25) is 5.91 Å². The van der Waals surface area contributed by atoms with Crippen molar-refractivity contribution in [3.05, 3.63) is 29.8 Å². The van der Waals surface area contributed by atoms with Gasteiger partial charge in [-0.1, -0.05) is 26.0 Å². The summed E-state index contributed by atoms with van der Waals surface area (Å²) in [6.07, 6.45) is 0. The maximum absolute atomic E-state index is 11.6. The molecule has 0 aromatic heterocycles. The topological polar surface area (TPSA) is 23.6 Å².